The molecule has 3 nitrogen and oxygen atoms in total. The van der Waals surface area contributed by atoms with Crippen molar-refractivity contribution >= 4 is 35.1 Å². The summed E-state index contributed by atoms with van der Waals surface area (Å²) in [6, 6.07) is 3.57. The fourth-order valence-corrected chi connectivity index (χ4v) is 2.24. The normalized spacial score (nSPS) is 10.7. The van der Waals surface area contributed by atoms with E-state index in [4.69, 9.17) is 23.2 Å². The summed E-state index contributed by atoms with van der Waals surface area (Å²) in [6.07, 6.45) is 3.46. The lowest BCUT2D eigenvalue weighted by Crippen LogP contribution is -1.88. The van der Waals surface area contributed by atoms with E-state index in [2.05, 4.69) is 17.0 Å². The molecule has 0 N–H and O–H groups in total. The highest BCUT2D eigenvalue weighted by Crippen LogP contribution is 2.27. The quantitative estimate of drug-likeness (QED) is 0.798. The van der Waals surface area contributed by atoms with Crippen LogP contribution in [0.15, 0.2) is 24.5 Å². The minimum absolute atomic E-state index is 0.460. The Morgan fingerprint density at radius 2 is 2.19 bits per heavy atom. The minimum Gasteiger partial charge on any atom is -0.244 e. The van der Waals surface area contributed by atoms with Crippen molar-refractivity contribution in [3.05, 3.63) is 34.7 Å². The molecule has 0 aromatic carbocycles. The molecule has 2 heterocycles. The van der Waals surface area contributed by atoms with Gasteiger partial charge in [-0.15, -0.1) is 0 Å². The molecule has 0 aliphatic rings. The molecular weight excluding hydrogens is 265 g/mol. The summed E-state index contributed by atoms with van der Waals surface area (Å²) in [6.45, 7) is 2.06. The van der Waals surface area contributed by atoms with E-state index >= 15 is 0 Å². The fourth-order valence-electron chi connectivity index (χ4n) is 1.24. The molecule has 16 heavy (non-hydrogen) atoms. The van der Waals surface area contributed by atoms with Gasteiger partial charge in [-0.2, -0.15) is 5.10 Å². The summed E-state index contributed by atoms with van der Waals surface area (Å²) >= 11 is 13.4. The van der Waals surface area contributed by atoms with Crippen LogP contribution >= 0.6 is 35.1 Å². The second kappa shape index (κ2) is 5.08. The lowest BCUT2D eigenvalue weighted by Gasteiger charge is -1.97. The Morgan fingerprint density at radius 3 is 2.81 bits per heavy atom. The molecular formula is C10H9Cl2N3S. The SMILES string of the molecule is CCSn1cc(Cl)c(-c2ccc(Cl)nc2)n1. The molecule has 2 aromatic rings. The van der Waals surface area contributed by atoms with E-state index in [1.54, 1.807) is 34.5 Å². The van der Waals surface area contributed by atoms with Crippen LogP contribution in [0.4, 0.5) is 0 Å². The maximum atomic E-state index is 6.10. The Morgan fingerprint density at radius 1 is 1.38 bits per heavy atom. The largest absolute Gasteiger partial charge is 0.244 e. The highest BCUT2D eigenvalue weighted by molar-refractivity contribution is 7.97. The van der Waals surface area contributed by atoms with E-state index < -0.39 is 0 Å². The van der Waals surface area contributed by atoms with Crippen LogP contribution in [0.25, 0.3) is 11.3 Å². The van der Waals surface area contributed by atoms with Gasteiger partial charge in [0.05, 0.1) is 11.2 Å². The zero-order chi connectivity index (χ0) is 11.5. The fraction of sp³-hybridized carbons (Fsp3) is 0.200. The summed E-state index contributed by atoms with van der Waals surface area (Å²) < 4.78 is 1.76. The standard InChI is InChI=1S/C10H9Cl2N3S/c1-2-16-15-6-8(11)10(14-15)7-3-4-9(12)13-5-7/h3-6H,2H2,1H3. The van der Waals surface area contributed by atoms with Crippen LogP contribution in [-0.4, -0.2) is 19.9 Å². The average molecular weight is 274 g/mol. The first-order chi connectivity index (χ1) is 7.70. The molecule has 0 atom stereocenters. The van der Waals surface area contributed by atoms with Crippen LogP contribution in [0, 0.1) is 0 Å². The Labute approximate surface area is 108 Å². The van der Waals surface area contributed by atoms with Crippen LogP contribution in [-0.2, 0) is 0 Å². The Hall–Kier alpha value is -0.710. The van der Waals surface area contributed by atoms with Gasteiger partial charge in [-0.25, -0.2) is 9.07 Å². The van der Waals surface area contributed by atoms with E-state index in [-0.39, 0.29) is 0 Å². The summed E-state index contributed by atoms with van der Waals surface area (Å²) in [5, 5.41) is 5.44. The van der Waals surface area contributed by atoms with Gasteiger partial charge >= 0.3 is 0 Å². The number of pyridine rings is 1. The molecule has 2 rings (SSSR count). The summed E-state index contributed by atoms with van der Waals surface area (Å²) in [7, 11) is 0. The van der Waals surface area contributed by atoms with Crippen molar-refractivity contribution in [3.8, 4) is 11.3 Å². The number of halogens is 2. The Bertz CT molecular complexity index is 481. The smallest absolute Gasteiger partial charge is 0.129 e. The third-order valence-corrected chi connectivity index (χ3v) is 3.12. The van der Waals surface area contributed by atoms with Crippen LogP contribution < -0.4 is 0 Å². The zero-order valence-electron chi connectivity index (χ0n) is 8.52. The molecule has 6 heteroatoms. The highest BCUT2D eigenvalue weighted by Gasteiger charge is 2.09. The monoisotopic (exact) mass is 273 g/mol. The molecule has 0 unspecified atom stereocenters. The number of hydrogen-bond acceptors (Lipinski definition) is 3. The van der Waals surface area contributed by atoms with Gasteiger partial charge in [0.15, 0.2) is 0 Å². The van der Waals surface area contributed by atoms with Crippen molar-refractivity contribution in [2.24, 2.45) is 0 Å². The van der Waals surface area contributed by atoms with Gasteiger partial charge < -0.3 is 0 Å². The molecule has 0 aliphatic heterocycles. The predicted molar refractivity (Wildman–Crippen MR) is 69.0 cm³/mol. The van der Waals surface area contributed by atoms with Gasteiger partial charge in [0.1, 0.15) is 10.8 Å². The third kappa shape index (κ3) is 2.51. The van der Waals surface area contributed by atoms with Gasteiger partial charge in [0.2, 0.25) is 0 Å². The molecule has 0 aliphatic carbocycles. The second-order valence-electron chi connectivity index (χ2n) is 3.02. The molecule has 84 valence electrons. The minimum atomic E-state index is 0.460. The van der Waals surface area contributed by atoms with Crippen molar-refractivity contribution in [2.45, 2.75) is 6.92 Å². The van der Waals surface area contributed by atoms with E-state index in [0.29, 0.717) is 10.2 Å². The molecule has 0 spiro atoms. The van der Waals surface area contributed by atoms with Gasteiger partial charge in [-0.05, 0) is 24.1 Å². The summed E-state index contributed by atoms with van der Waals surface area (Å²) in [5.74, 6) is 0.941. The van der Waals surface area contributed by atoms with Crippen LogP contribution in [0.3, 0.4) is 0 Å². The van der Waals surface area contributed by atoms with Crippen molar-refractivity contribution < 1.29 is 0 Å². The molecule has 2 aromatic heterocycles. The van der Waals surface area contributed by atoms with Gasteiger partial charge in [-0.3, -0.25) is 0 Å². The molecule has 0 saturated heterocycles. The molecule has 0 saturated carbocycles. The van der Waals surface area contributed by atoms with Crippen LogP contribution in [0.5, 0.6) is 0 Å². The Kier molecular flexibility index (Phi) is 3.74. The predicted octanol–water partition coefficient (Wildman–Crippen LogP) is 3.77. The summed E-state index contributed by atoms with van der Waals surface area (Å²) in [4.78, 5) is 4.00. The van der Waals surface area contributed by atoms with Crippen molar-refractivity contribution in [3.63, 3.8) is 0 Å². The Balaban J connectivity index is 2.36. The lowest BCUT2D eigenvalue weighted by molar-refractivity contribution is 1.01. The first-order valence-corrected chi connectivity index (χ1v) is 6.41. The second-order valence-corrected chi connectivity index (χ2v) is 5.02. The highest BCUT2D eigenvalue weighted by atomic mass is 35.5. The molecule has 0 amide bonds. The number of nitrogens with zero attached hydrogens (tertiary/aromatic N) is 3. The third-order valence-electron chi connectivity index (χ3n) is 1.91. The van der Waals surface area contributed by atoms with Gasteiger partial charge in [0.25, 0.3) is 0 Å². The number of hydrogen-bond donors (Lipinski definition) is 0. The van der Waals surface area contributed by atoms with E-state index in [9.17, 15) is 0 Å². The zero-order valence-corrected chi connectivity index (χ0v) is 10.9. The van der Waals surface area contributed by atoms with Crippen LogP contribution in [0.2, 0.25) is 10.2 Å². The van der Waals surface area contributed by atoms with Crippen LogP contribution in [0.1, 0.15) is 6.92 Å². The average Bonchev–Trinajstić information content (AvgIpc) is 2.61. The topological polar surface area (TPSA) is 30.7 Å². The summed E-state index contributed by atoms with van der Waals surface area (Å²) in [5.41, 5.74) is 1.59. The van der Waals surface area contributed by atoms with E-state index in [1.165, 1.54) is 0 Å². The maximum Gasteiger partial charge on any atom is 0.129 e. The van der Waals surface area contributed by atoms with Crippen molar-refractivity contribution in [1.82, 2.24) is 14.2 Å². The first-order valence-electron chi connectivity index (χ1n) is 4.71. The lowest BCUT2D eigenvalue weighted by atomic mass is 10.2. The molecule has 0 fully saturated rings. The van der Waals surface area contributed by atoms with Gasteiger partial charge in [0, 0.05) is 17.5 Å². The number of rotatable bonds is 3. The van der Waals surface area contributed by atoms with Crippen molar-refractivity contribution in [2.75, 3.05) is 5.75 Å². The molecule has 0 bridgehead atoms. The van der Waals surface area contributed by atoms with Gasteiger partial charge in [-0.1, -0.05) is 30.1 Å². The van der Waals surface area contributed by atoms with Crippen molar-refractivity contribution in [1.29, 1.82) is 0 Å². The van der Waals surface area contributed by atoms with E-state index in [0.717, 1.165) is 17.0 Å². The van der Waals surface area contributed by atoms with E-state index in [1.807, 2.05) is 6.07 Å². The number of aromatic nitrogens is 3. The molecule has 0 radical (unpaired) electrons. The maximum absolute atomic E-state index is 6.10. The first kappa shape index (κ1) is 11.8.